The molecule has 0 aromatic heterocycles. The maximum Gasteiger partial charge on any atom is 0.251 e. The number of hydrogen-bond donors (Lipinski definition) is 6. The van der Waals surface area contributed by atoms with Crippen LogP contribution in [0.25, 0.3) is 0 Å². The average molecular weight is 444 g/mol. The smallest absolute Gasteiger partial charge is 0.251 e. The summed E-state index contributed by atoms with van der Waals surface area (Å²) >= 11 is 0. The summed E-state index contributed by atoms with van der Waals surface area (Å²) in [5.41, 5.74) is 3.54. The van der Waals surface area contributed by atoms with E-state index in [0.717, 1.165) is 0 Å². The molecule has 0 aromatic rings. The highest BCUT2D eigenvalue weighted by Gasteiger charge is 2.54. The molecule has 12 nitrogen and oxygen atoms in total. The molecule has 0 spiro atoms. The lowest BCUT2D eigenvalue weighted by Crippen LogP contribution is -2.63. The molecule has 0 bridgehead atoms. The maximum atomic E-state index is 13.1. The molecule has 0 saturated carbocycles. The fraction of sp³-hybridized carbons (Fsp3) is 0.737. The number of primary amides is 1. The molecule has 1 aliphatic heterocycles. The van der Waals surface area contributed by atoms with Crippen molar-refractivity contribution in [3.63, 3.8) is 0 Å². The first kappa shape index (κ1) is 26.3. The molecule has 12 heteroatoms. The molecular weight excluding hydrogens is 410 g/mol. The third-order valence-electron chi connectivity index (χ3n) is 5.33. The Balaban J connectivity index is 3.00. The quantitative estimate of drug-likeness (QED) is 0.207. The van der Waals surface area contributed by atoms with Crippen LogP contribution >= 0.6 is 0 Å². The van der Waals surface area contributed by atoms with Gasteiger partial charge in [0.05, 0.1) is 12.7 Å². The van der Waals surface area contributed by atoms with Crippen LogP contribution in [0.1, 0.15) is 41.0 Å². The molecule has 5 atom stereocenters. The van der Waals surface area contributed by atoms with E-state index >= 15 is 0 Å². The first-order valence-corrected chi connectivity index (χ1v) is 10.1. The zero-order chi connectivity index (χ0) is 24.1. The summed E-state index contributed by atoms with van der Waals surface area (Å²) in [5.74, 6) is -3.70. The van der Waals surface area contributed by atoms with Gasteiger partial charge in [-0.3, -0.25) is 24.0 Å². The van der Waals surface area contributed by atoms with Crippen molar-refractivity contribution in [2.24, 2.45) is 11.7 Å². The first-order valence-electron chi connectivity index (χ1n) is 10.1. The van der Waals surface area contributed by atoms with Crippen molar-refractivity contribution in [3.8, 4) is 0 Å². The average Bonchev–Trinajstić information content (AvgIpc) is 2.96. The summed E-state index contributed by atoms with van der Waals surface area (Å²) in [6.45, 7) is 6.88. The fourth-order valence-electron chi connectivity index (χ4n) is 3.62. The number of nitrogens with one attached hydrogen (secondary N) is 3. The van der Waals surface area contributed by atoms with Crippen LogP contribution in [0.3, 0.4) is 0 Å². The normalized spacial score (nSPS) is 22.5. The molecule has 176 valence electrons. The monoisotopic (exact) mass is 443 g/mol. The highest BCUT2D eigenvalue weighted by atomic mass is 16.3. The number of carbonyl (C=O) groups excluding carboxylic acids is 5. The SMILES string of the molecule is CC(=O)N[C@]1([C@@H](C)O)CCN([C@H](C(=O)N[C@@H](C)C(=O)N[C@@H](CO)C(N)=O)C(C)C)C1=O. The second-order valence-corrected chi connectivity index (χ2v) is 8.14. The summed E-state index contributed by atoms with van der Waals surface area (Å²) < 4.78 is 0. The van der Waals surface area contributed by atoms with Gasteiger partial charge in [-0.25, -0.2) is 0 Å². The van der Waals surface area contributed by atoms with E-state index in [4.69, 9.17) is 10.8 Å². The third-order valence-corrected chi connectivity index (χ3v) is 5.33. The van der Waals surface area contributed by atoms with Gasteiger partial charge in [0.2, 0.25) is 23.6 Å². The van der Waals surface area contributed by atoms with Crippen LogP contribution in [0.2, 0.25) is 0 Å². The van der Waals surface area contributed by atoms with E-state index in [1.165, 1.54) is 25.7 Å². The van der Waals surface area contributed by atoms with Gasteiger partial charge in [-0.1, -0.05) is 13.8 Å². The summed E-state index contributed by atoms with van der Waals surface area (Å²) in [6, 6.07) is -3.35. The van der Waals surface area contributed by atoms with Gasteiger partial charge < -0.3 is 36.8 Å². The zero-order valence-electron chi connectivity index (χ0n) is 18.5. The van der Waals surface area contributed by atoms with Gasteiger partial charge in [0.1, 0.15) is 23.7 Å². The zero-order valence-corrected chi connectivity index (χ0v) is 18.5. The van der Waals surface area contributed by atoms with Crippen LogP contribution < -0.4 is 21.7 Å². The maximum absolute atomic E-state index is 13.1. The minimum Gasteiger partial charge on any atom is -0.394 e. The predicted octanol–water partition coefficient (Wildman–Crippen LogP) is -3.03. The Hall–Kier alpha value is -2.73. The fourth-order valence-corrected chi connectivity index (χ4v) is 3.62. The molecule has 0 aromatic carbocycles. The number of hydrogen-bond acceptors (Lipinski definition) is 7. The molecule has 1 saturated heterocycles. The molecule has 0 aliphatic carbocycles. The second kappa shape index (κ2) is 10.5. The van der Waals surface area contributed by atoms with Crippen molar-refractivity contribution in [3.05, 3.63) is 0 Å². The minimum absolute atomic E-state index is 0.117. The number of likely N-dealkylation sites (tertiary alicyclic amines) is 1. The summed E-state index contributed by atoms with van der Waals surface area (Å²) in [4.78, 5) is 62.4. The van der Waals surface area contributed by atoms with Crippen molar-refractivity contribution in [1.29, 1.82) is 0 Å². The topological polar surface area (TPSA) is 191 Å². The van der Waals surface area contributed by atoms with Crippen LogP contribution in [0.4, 0.5) is 0 Å². The van der Waals surface area contributed by atoms with E-state index < -0.39 is 65.9 Å². The Morgan fingerprint density at radius 3 is 2.13 bits per heavy atom. The third kappa shape index (κ3) is 5.91. The predicted molar refractivity (Wildman–Crippen MR) is 109 cm³/mol. The van der Waals surface area contributed by atoms with Gasteiger partial charge in [0, 0.05) is 13.5 Å². The molecule has 31 heavy (non-hydrogen) atoms. The lowest BCUT2D eigenvalue weighted by Gasteiger charge is -2.35. The van der Waals surface area contributed by atoms with Crippen molar-refractivity contribution in [1.82, 2.24) is 20.9 Å². The number of aliphatic hydroxyl groups is 2. The van der Waals surface area contributed by atoms with E-state index in [9.17, 15) is 29.1 Å². The van der Waals surface area contributed by atoms with Gasteiger partial charge in [-0.15, -0.1) is 0 Å². The largest absolute Gasteiger partial charge is 0.394 e. The van der Waals surface area contributed by atoms with Crippen molar-refractivity contribution < 1.29 is 34.2 Å². The standard InChI is InChI=1S/C19H33N5O7/c1-9(2)14(17(30)21-10(3)16(29)22-13(8-25)15(20)28)24-7-6-19(11(4)26,18(24)31)23-12(5)27/h9-11,13-14,25-26H,6-8H2,1-5H3,(H2,20,28)(H,21,30)(H,22,29)(H,23,27)/t10-,11+,13-,14-,19-/m0/s1. The molecule has 5 amide bonds. The molecule has 1 heterocycles. The van der Waals surface area contributed by atoms with Crippen LogP contribution in [-0.4, -0.2) is 87.6 Å². The van der Waals surface area contributed by atoms with Crippen LogP contribution in [0.5, 0.6) is 0 Å². The molecule has 1 aliphatic rings. The number of rotatable bonds is 10. The molecule has 0 radical (unpaired) electrons. The Bertz CT molecular complexity index is 726. The number of nitrogens with two attached hydrogens (primary N) is 1. The van der Waals surface area contributed by atoms with Crippen molar-refractivity contribution in [2.45, 2.75) is 70.8 Å². The lowest BCUT2D eigenvalue weighted by atomic mass is 9.91. The van der Waals surface area contributed by atoms with Gasteiger partial charge in [-0.05, 0) is 26.2 Å². The Morgan fingerprint density at radius 2 is 1.71 bits per heavy atom. The molecule has 0 unspecified atom stereocenters. The van der Waals surface area contributed by atoms with E-state index in [0.29, 0.717) is 0 Å². The van der Waals surface area contributed by atoms with E-state index in [1.807, 2.05) is 0 Å². The van der Waals surface area contributed by atoms with Crippen LogP contribution in [-0.2, 0) is 24.0 Å². The lowest BCUT2D eigenvalue weighted by molar-refractivity contribution is -0.147. The number of carbonyl (C=O) groups is 5. The molecule has 7 N–H and O–H groups in total. The highest BCUT2D eigenvalue weighted by Crippen LogP contribution is 2.30. The Kier molecular flexibility index (Phi) is 8.94. The Labute approximate surface area is 180 Å². The second-order valence-electron chi connectivity index (χ2n) is 8.14. The van der Waals surface area contributed by atoms with E-state index in [2.05, 4.69) is 16.0 Å². The molecule has 1 fully saturated rings. The number of nitrogens with zero attached hydrogens (tertiary/aromatic N) is 1. The Morgan fingerprint density at radius 1 is 1.13 bits per heavy atom. The summed E-state index contributed by atoms with van der Waals surface area (Å²) in [7, 11) is 0. The molecule has 1 rings (SSSR count). The van der Waals surface area contributed by atoms with Crippen LogP contribution in [0.15, 0.2) is 0 Å². The highest BCUT2D eigenvalue weighted by molar-refractivity contribution is 5.98. The van der Waals surface area contributed by atoms with Crippen molar-refractivity contribution >= 4 is 29.5 Å². The first-order chi connectivity index (χ1) is 14.3. The summed E-state index contributed by atoms with van der Waals surface area (Å²) in [5, 5.41) is 26.5. The van der Waals surface area contributed by atoms with Gasteiger partial charge in [0.15, 0.2) is 0 Å². The van der Waals surface area contributed by atoms with Crippen molar-refractivity contribution in [2.75, 3.05) is 13.2 Å². The molecular formula is C19H33N5O7. The van der Waals surface area contributed by atoms with Gasteiger partial charge >= 0.3 is 0 Å². The number of aliphatic hydroxyl groups excluding tert-OH is 2. The number of amides is 5. The minimum atomic E-state index is -1.53. The van der Waals surface area contributed by atoms with E-state index in [1.54, 1.807) is 13.8 Å². The van der Waals surface area contributed by atoms with Crippen LogP contribution in [0, 0.1) is 5.92 Å². The van der Waals surface area contributed by atoms with E-state index in [-0.39, 0.29) is 18.9 Å². The van der Waals surface area contributed by atoms with Gasteiger partial charge in [0.25, 0.3) is 5.91 Å². The van der Waals surface area contributed by atoms with Gasteiger partial charge in [-0.2, -0.15) is 0 Å². The summed E-state index contributed by atoms with van der Waals surface area (Å²) in [6.07, 6.45) is -1.06.